The van der Waals surface area contributed by atoms with Gasteiger partial charge in [-0.15, -0.1) is 0 Å². The second kappa shape index (κ2) is 5.36. The average molecular weight is 314 g/mol. The van der Waals surface area contributed by atoms with Crippen molar-refractivity contribution in [1.82, 2.24) is 4.31 Å². The Morgan fingerprint density at radius 3 is 2.43 bits per heavy atom. The minimum atomic E-state index is -3.78. The van der Waals surface area contributed by atoms with Gasteiger partial charge in [0, 0.05) is 24.7 Å². The van der Waals surface area contributed by atoms with Gasteiger partial charge in [0.15, 0.2) is 0 Å². The van der Waals surface area contributed by atoms with E-state index >= 15 is 0 Å². The molecule has 8 heteroatoms. The van der Waals surface area contributed by atoms with Gasteiger partial charge in [-0.05, 0) is 32.8 Å². The van der Waals surface area contributed by atoms with Crippen LogP contribution in [0.3, 0.4) is 0 Å². The first-order valence-corrected chi connectivity index (χ1v) is 8.06. The van der Waals surface area contributed by atoms with Gasteiger partial charge in [0.2, 0.25) is 10.0 Å². The molecule has 0 atom stereocenters. The van der Waals surface area contributed by atoms with Crippen LogP contribution in [-0.2, 0) is 10.0 Å². The fourth-order valence-electron chi connectivity index (χ4n) is 2.43. The van der Waals surface area contributed by atoms with E-state index in [0.717, 1.165) is 0 Å². The second-order valence-corrected chi connectivity index (χ2v) is 7.46. The molecular formula is C13H18N2O5S. The van der Waals surface area contributed by atoms with Gasteiger partial charge in [0.25, 0.3) is 5.69 Å². The average Bonchev–Trinajstić information content (AvgIpc) is 2.37. The number of nitro groups is 1. The Morgan fingerprint density at radius 1 is 1.33 bits per heavy atom. The summed E-state index contributed by atoms with van der Waals surface area (Å²) in [5.74, 6) is 0. The Balaban J connectivity index is 2.37. The minimum absolute atomic E-state index is 0.0433. The van der Waals surface area contributed by atoms with Crippen LogP contribution in [0.2, 0.25) is 0 Å². The van der Waals surface area contributed by atoms with Crippen LogP contribution in [-0.4, -0.2) is 41.4 Å². The molecule has 116 valence electrons. The molecule has 1 fully saturated rings. The molecule has 1 aromatic carbocycles. The van der Waals surface area contributed by atoms with Crippen molar-refractivity contribution in [3.05, 3.63) is 33.9 Å². The lowest BCUT2D eigenvalue weighted by Crippen LogP contribution is -2.45. The van der Waals surface area contributed by atoms with Crippen molar-refractivity contribution in [3.8, 4) is 0 Å². The number of nitro benzene ring substituents is 1. The lowest BCUT2D eigenvalue weighted by Gasteiger charge is -2.35. The molecule has 1 aromatic rings. The van der Waals surface area contributed by atoms with E-state index in [4.69, 9.17) is 0 Å². The summed E-state index contributed by atoms with van der Waals surface area (Å²) in [6.07, 6.45) is 0.695. The number of hydrogen-bond acceptors (Lipinski definition) is 5. The molecule has 1 saturated heterocycles. The van der Waals surface area contributed by atoms with Gasteiger partial charge in [-0.3, -0.25) is 10.1 Å². The lowest BCUT2D eigenvalue weighted by atomic mass is 9.95. The summed E-state index contributed by atoms with van der Waals surface area (Å²) in [5.41, 5.74) is -0.927. The van der Waals surface area contributed by atoms with E-state index in [1.807, 2.05) is 0 Å². The maximum atomic E-state index is 12.6. The van der Waals surface area contributed by atoms with Crippen molar-refractivity contribution < 1.29 is 18.4 Å². The van der Waals surface area contributed by atoms with Crippen LogP contribution in [0.4, 0.5) is 5.69 Å². The molecule has 0 aromatic heterocycles. The summed E-state index contributed by atoms with van der Waals surface area (Å²) in [6.45, 7) is 3.52. The highest BCUT2D eigenvalue weighted by Gasteiger charge is 2.35. The van der Waals surface area contributed by atoms with Crippen LogP contribution < -0.4 is 0 Å². The minimum Gasteiger partial charge on any atom is -0.390 e. The first kappa shape index (κ1) is 15.9. The number of benzene rings is 1. The number of sulfonamides is 1. The molecule has 0 spiro atoms. The van der Waals surface area contributed by atoms with Crippen molar-refractivity contribution >= 4 is 15.7 Å². The lowest BCUT2D eigenvalue weighted by molar-refractivity contribution is -0.385. The van der Waals surface area contributed by atoms with E-state index in [2.05, 4.69) is 0 Å². The fourth-order valence-corrected chi connectivity index (χ4v) is 4.11. The largest absolute Gasteiger partial charge is 0.390 e. The summed E-state index contributed by atoms with van der Waals surface area (Å²) in [6, 6.07) is 4.04. The van der Waals surface area contributed by atoms with E-state index in [1.54, 1.807) is 6.92 Å². The maximum absolute atomic E-state index is 12.6. The van der Waals surface area contributed by atoms with Gasteiger partial charge < -0.3 is 5.11 Å². The Bertz CT molecular complexity index is 659. The summed E-state index contributed by atoms with van der Waals surface area (Å²) in [7, 11) is -3.78. The highest BCUT2D eigenvalue weighted by Crippen LogP contribution is 2.30. The quantitative estimate of drug-likeness (QED) is 0.672. The Kier molecular flexibility index (Phi) is 4.05. The van der Waals surface area contributed by atoms with Crippen molar-refractivity contribution in [2.75, 3.05) is 13.1 Å². The maximum Gasteiger partial charge on any atom is 0.273 e. The second-order valence-electron chi connectivity index (χ2n) is 5.56. The number of rotatable bonds is 3. The molecule has 21 heavy (non-hydrogen) atoms. The molecule has 0 saturated carbocycles. The van der Waals surface area contributed by atoms with Gasteiger partial charge in [0.05, 0.1) is 15.4 Å². The monoisotopic (exact) mass is 314 g/mol. The molecular weight excluding hydrogens is 296 g/mol. The zero-order valence-electron chi connectivity index (χ0n) is 11.9. The topological polar surface area (TPSA) is 101 Å². The van der Waals surface area contributed by atoms with E-state index in [-0.39, 0.29) is 29.2 Å². The summed E-state index contributed by atoms with van der Waals surface area (Å²) < 4.78 is 26.5. The highest BCUT2D eigenvalue weighted by atomic mass is 32.2. The van der Waals surface area contributed by atoms with Gasteiger partial charge >= 0.3 is 0 Å². The number of nitrogens with zero attached hydrogens (tertiary/aromatic N) is 2. The third-order valence-electron chi connectivity index (χ3n) is 3.87. The zero-order chi connectivity index (χ0) is 15.8. The Hall–Kier alpha value is -1.51. The van der Waals surface area contributed by atoms with E-state index < -0.39 is 20.5 Å². The molecule has 0 unspecified atom stereocenters. The third-order valence-corrected chi connectivity index (χ3v) is 5.91. The van der Waals surface area contributed by atoms with E-state index in [0.29, 0.717) is 12.8 Å². The fraction of sp³-hybridized carbons (Fsp3) is 0.538. The molecule has 0 bridgehead atoms. The first-order chi connectivity index (χ1) is 9.65. The summed E-state index contributed by atoms with van der Waals surface area (Å²) >= 11 is 0. The SMILES string of the molecule is Cc1c([N+](=O)[O-])cccc1S(=O)(=O)N1CCC(C)(O)CC1. The normalized spacial score (nSPS) is 19.4. The van der Waals surface area contributed by atoms with Crippen molar-refractivity contribution in [3.63, 3.8) is 0 Å². The van der Waals surface area contributed by atoms with Gasteiger partial charge in [-0.2, -0.15) is 4.31 Å². The number of hydrogen-bond donors (Lipinski definition) is 1. The molecule has 7 nitrogen and oxygen atoms in total. The molecule has 0 amide bonds. The molecule has 0 aliphatic carbocycles. The molecule has 1 heterocycles. The number of aliphatic hydroxyl groups is 1. The summed E-state index contributed by atoms with van der Waals surface area (Å²) in [4.78, 5) is 10.3. The van der Waals surface area contributed by atoms with Crippen LogP contribution in [0.5, 0.6) is 0 Å². The van der Waals surface area contributed by atoms with E-state index in [1.165, 1.54) is 29.4 Å². The zero-order valence-corrected chi connectivity index (χ0v) is 12.8. The predicted octanol–water partition coefficient (Wildman–Crippen LogP) is 1.44. The van der Waals surface area contributed by atoms with Crippen LogP contribution in [0.25, 0.3) is 0 Å². The molecule has 1 N–H and O–H groups in total. The standard InChI is InChI=1S/C13H18N2O5S/c1-10-11(15(17)18)4-3-5-12(10)21(19,20)14-8-6-13(2,16)7-9-14/h3-5,16H,6-9H2,1-2H3. The molecule has 2 rings (SSSR count). The Labute approximate surface area is 123 Å². The summed E-state index contributed by atoms with van der Waals surface area (Å²) in [5, 5.41) is 20.8. The van der Waals surface area contributed by atoms with Crippen molar-refractivity contribution in [2.45, 2.75) is 37.2 Å². The van der Waals surface area contributed by atoms with Crippen LogP contribution in [0, 0.1) is 17.0 Å². The van der Waals surface area contributed by atoms with E-state index in [9.17, 15) is 23.6 Å². The van der Waals surface area contributed by atoms with Gasteiger partial charge in [-0.25, -0.2) is 8.42 Å². The Morgan fingerprint density at radius 2 is 1.90 bits per heavy atom. The van der Waals surface area contributed by atoms with Crippen LogP contribution in [0.15, 0.2) is 23.1 Å². The third kappa shape index (κ3) is 3.07. The van der Waals surface area contributed by atoms with Crippen LogP contribution in [0.1, 0.15) is 25.3 Å². The van der Waals surface area contributed by atoms with Crippen molar-refractivity contribution in [2.24, 2.45) is 0 Å². The smallest absolute Gasteiger partial charge is 0.273 e. The first-order valence-electron chi connectivity index (χ1n) is 6.62. The molecule has 1 aliphatic rings. The predicted molar refractivity (Wildman–Crippen MR) is 76.5 cm³/mol. The van der Waals surface area contributed by atoms with Crippen molar-refractivity contribution in [1.29, 1.82) is 0 Å². The van der Waals surface area contributed by atoms with Gasteiger partial charge in [0.1, 0.15) is 0 Å². The highest BCUT2D eigenvalue weighted by molar-refractivity contribution is 7.89. The van der Waals surface area contributed by atoms with Crippen LogP contribution >= 0.6 is 0 Å². The molecule has 1 aliphatic heterocycles. The van der Waals surface area contributed by atoms with Gasteiger partial charge in [-0.1, -0.05) is 6.07 Å². The number of piperidine rings is 1. The molecule has 0 radical (unpaired) electrons.